The third-order valence-electron chi connectivity index (χ3n) is 3.75. The molecule has 1 fully saturated rings. The summed E-state index contributed by atoms with van der Waals surface area (Å²) in [6, 6.07) is 4.14. The fourth-order valence-electron chi connectivity index (χ4n) is 2.64. The van der Waals surface area contributed by atoms with Gasteiger partial charge in [-0.25, -0.2) is 4.39 Å². The Kier molecular flexibility index (Phi) is 5.56. The molecule has 1 aromatic carbocycles. The predicted octanol–water partition coefficient (Wildman–Crippen LogP) is 2.71. The highest BCUT2D eigenvalue weighted by Gasteiger charge is 2.17. The topological polar surface area (TPSA) is 58.6 Å². The molecule has 1 aliphatic rings. The maximum Gasteiger partial charge on any atom is 0.258 e. The minimum atomic E-state index is -0.776. The molecule has 0 saturated heterocycles. The summed E-state index contributed by atoms with van der Waals surface area (Å²) in [6.07, 6.45) is 4.74. The highest BCUT2D eigenvalue weighted by atomic mass is 19.1. The van der Waals surface area contributed by atoms with Crippen molar-refractivity contribution in [2.45, 2.75) is 51.2 Å². The van der Waals surface area contributed by atoms with Gasteiger partial charge in [0.15, 0.2) is 6.61 Å². The lowest BCUT2D eigenvalue weighted by atomic mass is 9.95. The Hall–Kier alpha value is -1.62. The molecular weight excluding hydrogens is 273 g/mol. The molecule has 116 valence electrons. The number of carbonyl (C=O) groups is 1. The van der Waals surface area contributed by atoms with Crippen molar-refractivity contribution >= 4 is 5.91 Å². The molecule has 1 atom stereocenters. The van der Waals surface area contributed by atoms with Crippen LogP contribution in [0.25, 0.3) is 0 Å². The summed E-state index contributed by atoms with van der Waals surface area (Å²) in [5, 5.41) is 12.6. The third-order valence-corrected chi connectivity index (χ3v) is 3.75. The van der Waals surface area contributed by atoms with Crippen LogP contribution >= 0.6 is 0 Å². The number of rotatable bonds is 5. The molecule has 0 heterocycles. The van der Waals surface area contributed by atoms with Crippen molar-refractivity contribution in [2.75, 3.05) is 6.61 Å². The lowest BCUT2D eigenvalue weighted by Gasteiger charge is -2.23. The summed E-state index contributed by atoms with van der Waals surface area (Å²) in [7, 11) is 0. The third kappa shape index (κ3) is 4.70. The number of nitrogens with one attached hydrogen (secondary N) is 1. The number of carbonyl (C=O) groups excluding carboxylic acids is 1. The second-order valence-corrected chi connectivity index (χ2v) is 5.55. The van der Waals surface area contributed by atoms with E-state index in [4.69, 9.17) is 4.74 Å². The maximum absolute atomic E-state index is 13.2. The lowest BCUT2D eigenvalue weighted by Crippen LogP contribution is -2.39. The Morgan fingerprint density at radius 1 is 1.43 bits per heavy atom. The number of benzene rings is 1. The van der Waals surface area contributed by atoms with Gasteiger partial charge in [-0.15, -0.1) is 0 Å². The Morgan fingerprint density at radius 3 is 2.81 bits per heavy atom. The fourth-order valence-corrected chi connectivity index (χ4v) is 2.64. The van der Waals surface area contributed by atoms with Crippen molar-refractivity contribution in [2.24, 2.45) is 0 Å². The number of ether oxygens (including phenoxy) is 1. The van der Waals surface area contributed by atoms with E-state index in [0.29, 0.717) is 5.56 Å². The van der Waals surface area contributed by atoms with Crippen LogP contribution in [0.4, 0.5) is 4.39 Å². The quantitative estimate of drug-likeness (QED) is 0.878. The molecule has 1 aliphatic carbocycles. The first-order valence-electron chi connectivity index (χ1n) is 7.46. The van der Waals surface area contributed by atoms with E-state index in [1.807, 2.05) is 0 Å². The van der Waals surface area contributed by atoms with Gasteiger partial charge in [-0.3, -0.25) is 4.79 Å². The molecule has 4 nitrogen and oxygen atoms in total. The Labute approximate surface area is 124 Å². The normalized spacial score (nSPS) is 17.3. The van der Waals surface area contributed by atoms with Crippen molar-refractivity contribution in [3.8, 4) is 5.75 Å². The molecule has 5 heteroatoms. The molecule has 0 spiro atoms. The van der Waals surface area contributed by atoms with E-state index in [1.165, 1.54) is 24.6 Å². The van der Waals surface area contributed by atoms with E-state index >= 15 is 0 Å². The van der Waals surface area contributed by atoms with Crippen LogP contribution in [0.1, 0.15) is 50.7 Å². The van der Waals surface area contributed by atoms with Gasteiger partial charge in [0.2, 0.25) is 0 Å². The second-order valence-electron chi connectivity index (χ2n) is 5.55. The summed E-state index contributed by atoms with van der Waals surface area (Å²) >= 11 is 0. The lowest BCUT2D eigenvalue weighted by molar-refractivity contribution is -0.124. The van der Waals surface area contributed by atoms with E-state index in [2.05, 4.69) is 5.32 Å². The van der Waals surface area contributed by atoms with Crippen LogP contribution in [0.3, 0.4) is 0 Å². The monoisotopic (exact) mass is 295 g/mol. The van der Waals surface area contributed by atoms with Crippen molar-refractivity contribution in [1.29, 1.82) is 0 Å². The van der Waals surface area contributed by atoms with Gasteiger partial charge in [-0.2, -0.15) is 0 Å². The SMILES string of the molecule is C[C@H](O)c1ccc(F)cc1OCC(=O)NC1CCCCC1. The molecule has 0 aromatic heterocycles. The van der Waals surface area contributed by atoms with Crippen molar-refractivity contribution in [3.63, 3.8) is 0 Å². The first-order valence-corrected chi connectivity index (χ1v) is 7.46. The Balaban J connectivity index is 1.89. The van der Waals surface area contributed by atoms with Gasteiger partial charge >= 0.3 is 0 Å². The Bertz CT molecular complexity index is 484. The Morgan fingerprint density at radius 2 is 2.14 bits per heavy atom. The van der Waals surface area contributed by atoms with E-state index < -0.39 is 11.9 Å². The minimum Gasteiger partial charge on any atom is -0.483 e. The molecule has 1 amide bonds. The van der Waals surface area contributed by atoms with E-state index in [9.17, 15) is 14.3 Å². The maximum atomic E-state index is 13.2. The van der Waals surface area contributed by atoms with Crippen LogP contribution < -0.4 is 10.1 Å². The first-order chi connectivity index (χ1) is 10.1. The molecule has 2 N–H and O–H groups in total. The molecule has 21 heavy (non-hydrogen) atoms. The number of hydrogen-bond donors (Lipinski definition) is 2. The van der Waals surface area contributed by atoms with Crippen LogP contribution in [0.15, 0.2) is 18.2 Å². The first kappa shape index (κ1) is 15.8. The minimum absolute atomic E-state index is 0.167. The number of halogens is 1. The highest BCUT2D eigenvalue weighted by Crippen LogP contribution is 2.26. The van der Waals surface area contributed by atoms with Gasteiger partial charge in [0.1, 0.15) is 11.6 Å². The van der Waals surface area contributed by atoms with Gasteiger partial charge in [-0.05, 0) is 31.9 Å². The summed E-state index contributed by atoms with van der Waals surface area (Å²) in [4.78, 5) is 11.9. The van der Waals surface area contributed by atoms with Crippen molar-refractivity contribution in [1.82, 2.24) is 5.32 Å². The average Bonchev–Trinajstić information content (AvgIpc) is 2.46. The van der Waals surface area contributed by atoms with Crippen molar-refractivity contribution in [3.05, 3.63) is 29.6 Å². The van der Waals surface area contributed by atoms with Crippen LogP contribution in [0.5, 0.6) is 5.75 Å². The highest BCUT2D eigenvalue weighted by molar-refractivity contribution is 5.77. The number of hydrogen-bond acceptors (Lipinski definition) is 3. The molecule has 2 rings (SSSR count). The van der Waals surface area contributed by atoms with Crippen LogP contribution in [-0.2, 0) is 4.79 Å². The number of aliphatic hydroxyl groups is 1. The van der Waals surface area contributed by atoms with Gasteiger partial charge in [0, 0.05) is 17.7 Å². The van der Waals surface area contributed by atoms with Crippen LogP contribution in [0.2, 0.25) is 0 Å². The van der Waals surface area contributed by atoms with Gasteiger partial charge in [0.25, 0.3) is 5.91 Å². The van der Waals surface area contributed by atoms with E-state index in [0.717, 1.165) is 25.7 Å². The zero-order chi connectivity index (χ0) is 15.2. The summed E-state index contributed by atoms with van der Waals surface area (Å²) < 4.78 is 18.6. The van der Waals surface area contributed by atoms with E-state index in [-0.39, 0.29) is 24.3 Å². The van der Waals surface area contributed by atoms with Crippen LogP contribution in [-0.4, -0.2) is 23.7 Å². The van der Waals surface area contributed by atoms with Crippen molar-refractivity contribution < 1.29 is 19.0 Å². The molecular formula is C16H22FNO3. The summed E-state index contributed by atoms with van der Waals surface area (Å²) in [5.41, 5.74) is 0.474. The molecule has 1 aromatic rings. The average molecular weight is 295 g/mol. The van der Waals surface area contributed by atoms with Gasteiger partial charge in [0.05, 0.1) is 6.10 Å². The molecule has 0 bridgehead atoms. The smallest absolute Gasteiger partial charge is 0.258 e. The molecule has 0 aliphatic heterocycles. The standard InChI is InChI=1S/C16H22FNO3/c1-11(19)14-8-7-12(17)9-15(14)21-10-16(20)18-13-5-3-2-4-6-13/h7-9,11,13,19H,2-6,10H2,1H3,(H,18,20)/t11-/m0/s1. The molecule has 0 unspecified atom stereocenters. The second kappa shape index (κ2) is 7.41. The largest absolute Gasteiger partial charge is 0.483 e. The number of amides is 1. The zero-order valence-corrected chi connectivity index (χ0v) is 12.3. The summed E-state index contributed by atoms with van der Waals surface area (Å²) in [5.74, 6) is -0.450. The van der Waals surface area contributed by atoms with Gasteiger partial charge < -0.3 is 15.2 Å². The van der Waals surface area contributed by atoms with Crippen LogP contribution in [0, 0.1) is 5.82 Å². The molecule has 0 radical (unpaired) electrons. The molecule has 1 saturated carbocycles. The summed E-state index contributed by atoms with van der Waals surface area (Å²) in [6.45, 7) is 1.40. The fraction of sp³-hybridized carbons (Fsp3) is 0.562. The van der Waals surface area contributed by atoms with E-state index in [1.54, 1.807) is 6.92 Å². The predicted molar refractivity (Wildman–Crippen MR) is 77.5 cm³/mol. The van der Waals surface area contributed by atoms with Gasteiger partial charge in [-0.1, -0.05) is 19.3 Å². The number of aliphatic hydroxyl groups excluding tert-OH is 1. The zero-order valence-electron chi connectivity index (χ0n) is 12.3.